The van der Waals surface area contributed by atoms with Gasteiger partial charge < -0.3 is 0 Å². The van der Waals surface area contributed by atoms with Crippen LogP contribution in [0.4, 0.5) is 13.2 Å². The summed E-state index contributed by atoms with van der Waals surface area (Å²) in [6.07, 6.45) is -1.85. The lowest BCUT2D eigenvalue weighted by atomic mass is 10.1. The first-order valence-electron chi connectivity index (χ1n) is 5.16. The van der Waals surface area contributed by atoms with E-state index in [0.29, 0.717) is 24.2 Å². The molecule has 0 unspecified atom stereocenters. The molecule has 1 aliphatic heterocycles. The van der Waals surface area contributed by atoms with Crippen LogP contribution in [0.15, 0.2) is 12.4 Å². The minimum atomic E-state index is -4.30. The van der Waals surface area contributed by atoms with Crippen molar-refractivity contribution in [3.05, 3.63) is 29.1 Å². The third kappa shape index (κ3) is 1.91. The topological polar surface area (TPSA) is 16.1 Å². The molecule has 0 radical (unpaired) electrons. The molecule has 0 aliphatic carbocycles. The second-order valence-corrected chi connectivity index (χ2v) is 4.32. The largest absolute Gasteiger partial charge is 0.418 e. The Hall–Kier alpha value is -1.10. The van der Waals surface area contributed by atoms with Gasteiger partial charge in [-0.3, -0.25) is 9.88 Å². The van der Waals surface area contributed by atoms with Crippen LogP contribution in [0.3, 0.4) is 0 Å². The van der Waals surface area contributed by atoms with Gasteiger partial charge in [-0.1, -0.05) is 0 Å². The van der Waals surface area contributed by atoms with E-state index in [4.69, 9.17) is 0 Å². The number of aromatic nitrogens is 1. The Morgan fingerprint density at radius 3 is 2.50 bits per heavy atom. The molecule has 0 saturated heterocycles. The normalized spacial score (nSPS) is 16.9. The van der Waals surface area contributed by atoms with E-state index < -0.39 is 11.7 Å². The highest BCUT2D eigenvalue weighted by Gasteiger charge is 2.37. The molecule has 1 aliphatic rings. The standard InChI is InChI=1S/C11H13F3N2/c1-7(2)16-5-8-3-15-4-10(9(8)6-16)11(12,13)14/h3-4,7H,5-6H2,1-2H3. The van der Waals surface area contributed by atoms with Crippen molar-refractivity contribution in [3.8, 4) is 0 Å². The summed E-state index contributed by atoms with van der Waals surface area (Å²) in [6.45, 7) is 4.88. The van der Waals surface area contributed by atoms with Crippen LogP contribution >= 0.6 is 0 Å². The number of pyridine rings is 1. The summed E-state index contributed by atoms with van der Waals surface area (Å²) in [6, 6.07) is 0.244. The summed E-state index contributed by atoms with van der Waals surface area (Å²) in [4.78, 5) is 5.67. The Kier molecular flexibility index (Phi) is 2.66. The number of hydrogen-bond donors (Lipinski definition) is 0. The van der Waals surface area contributed by atoms with Crippen LogP contribution in [0.25, 0.3) is 0 Å². The number of rotatable bonds is 1. The van der Waals surface area contributed by atoms with Crippen LogP contribution < -0.4 is 0 Å². The maximum atomic E-state index is 12.7. The summed E-state index contributed by atoms with van der Waals surface area (Å²) in [7, 11) is 0. The molecule has 1 aromatic rings. The van der Waals surface area contributed by atoms with E-state index in [9.17, 15) is 13.2 Å². The van der Waals surface area contributed by atoms with Crippen molar-refractivity contribution >= 4 is 0 Å². The zero-order valence-electron chi connectivity index (χ0n) is 9.17. The number of alkyl halides is 3. The maximum absolute atomic E-state index is 12.7. The summed E-state index contributed by atoms with van der Waals surface area (Å²) in [5.74, 6) is 0. The second-order valence-electron chi connectivity index (χ2n) is 4.32. The average Bonchev–Trinajstić information content (AvgIpc) is 2.58. The van der Waals surface area contributed by atoms with Crippen LogP contribution in [0.1, 0.15) is 30.5 Å². The first-order chi connectivity index (χ1) is 7.39. The predicted molar refractivity (Wildman–Crippen MR) is 53.6 cm³/mol. The highest BCUT2D eigenvalue weighted by Crippen LogP contribution is 2.36. The van der Waals surface area contributed by atoms with E-state index in [2.05, 4.69) is 4.98 Å². The summed E-state index contributed by atoms with van der Waals surface area (Å²) in [5.41, 5.74) is 0.493. The molecule has 0 N–H and O–H groups in total. The number of fused-ring (bicyclic) bond motifs is 1. The molecule has 0 spiro atoms. The first kappa shape index (κ1) is 11.4. The molecule has 0 saturated carbocycles. The van der Waals surface area contributed by atoms with Crippen molar-refractivity contribution in [2.45, 2.75) is 39.2 Å². The zero-order chi connectivity index (χ0) is 11.9. The number of hydrogen-bond acceptors (Lipinski definition) is 2. The quantitative estimate of drug-likeness (QED) is 0.737. The van der Waals surface area contributed by atoms with Crippen molar-refractivity contribution in [2.75, 3.05) is 0 Å². The van der Waals surface area contributed by atoms with Gasteiger partial charge in [-0.15, -0.1) is 0 Å². The average molecular weight is 230 g/mol. The van der Waals surface area contributed by atoms with Gasteiger partial charge in [0.05, 0.1) is 5.56 Å². The van der Waals surface area contributed by atoms with Crippen LogP contribution in [0.2, 0.25) is 0 Å². The fourth-order valence-corrected chi connectivity index (χ4v) is 1.94. The molecule has 5 heteroatoms. The highest BCUT2D eigenvalue weighted by atomic mass is 19.4. The third-order valence-corrected chi connectivity index (χ3v) is 2.92. The van der Waals surface area contributed by atoms with Gasteiger partial charge in [0.2, 0.25) is 0 Å². The molecule has 0 amide bonds. The van der Waals surface area contributed by atoms with Crippen LogP contribution in [-0.4, -0.2) is 15.9 Å². The third-order valence-electron chi connectivity index (χ3n) is 2.92. The van der Waals surface area contributed by atoms with Crippen LogP contribution in [-0.2, 0) is 19.3 Å². The molecule has 0 atom stereocenters. The maximum Gasteiger partial charge on any atom is 0.418 e. The number of halogens is 3. The van der Waals surface area contributed by atoms with E-state index in [1.807, 2.05) is 18.7 Å². The van der Waals surface area contributed by atoms with Gasteiger partial charge in [-0.05, 0) is 25.0 Å². The van der Waals surface area contributed by atoms with Gasteiger partial charge in [0.25, 0.3) is 0 Å². The molecule has 88 valence electrons. The Morgan fingerprint density at radius 1 is 1.25 bits per heavy atom. The molecule has 1 aromatic heterocycles. The van der Waals surface area contributed by atoms with Crippen LogP contribution in [0, 0.1) is 0 Å². The van der Waals surface area contributed by atoms with Gasteiger partial charge in [-0.2, -0.15) is 13.2 Å². The molecule has 0 fully saturated rings. The van der Waals surface area contributed by atoms with Gasteiger partial charge >= 0.3 is 6.18 Å². The zero-order valence-corrected chi connectivity index (χ0v) is 9.17. The monoisotopic (exact) mass is 230 g/mol. The Labute approximate surface area is 92.1 Å². The predicted octanol–water partition coefficient (Wildman–Crippen LogP) is 2.82. The summed E-state index contributed by atoms with van der Waals surface area (Å²) >= 11 is 0. The molecule has 2 rings (SSSR count). The lowest BCUT2D eigenvalue weighted by Crippen LogP contribution is -2.24. The number of nitrogens with zero attached hydrogens (tertiary/aromatic N) is 2. The van der Waals surface area contributed by atoms with E-state index in [0.717, 1.165) is 6.20 Å². The Balaban J connectivity index is 2.39. The molecule has 0 bridgehead atoms. The van der Waals surface area contributed by atoms with E-state index in [1.54, 1.807) is 0 Å². The van der Waals surface area contributed by atoms with E-state index >= 15 is 0 Å². The van der Waals surface area contributed by atoms with Crippen molar-refractivity contribution < 1.29 is 13.2 Å². The SMILES string of the molecule is CC(C)N1Cc2cncc(C(F)(F)F)c2C1. The second kappa shape index (κ2) is 3.73. The van der Waals surface area contributed by atoms with Crippen molar-refractivity contribution in [1.29, 1.82) is 0 Å². The molecule has 0 aromatic carbocycles. The molecular formula is C11H13F3N2. The molecular weight excluding hydrogens is 217 g/mol. The first-order valence-corrected chi connectivity index (χ1v) is 5.16. The summed E-state index contributed by atoms with van der Waals surface area (Å²) < 4.78 is 38.1. The van der Waals surface area contributed by atoms with Crippen molar-refractivity contribution in [1.82, 2.24) is 9.88 Å². The van der Waals surface area contributed by atoms with Gasteiger partial charge in [0.1, 0.15) is 0 Å². The fraction of sp³-hybridized carbons (Fsp3) is 0.545. The van der Waals surface area contributed by atoms with Crippen molar-refractivity contribution in [3.63, 3.8) is 0 Å². The lowest BCUT2D eigenvalue weighted by molar-refractivity contribution is -0.138. The minimum Gasteiger partial charge on any atom is -0.292 e. The van der Waals surface area contributed by atoms with Crippen molar-refractivity contribution in [2.24, 2.45) is 0 Å². The van der Waals surface area contributed by atoms with Gasteiger partial charge in [-0.25, -0.2) is 0 Å². The van der Waals surface area contributed by atoms with Crippen LogP contribution in [0.5, 0.6) is 0 Å². The van der Waals surface area contributed by atoms with E-state index in [1.165, 1.54) is 6.20 Å². The van der Waals surface area contributed by atoms with E-state index in [-0.39, 0.29) is 6.04 Å². The Bertz CT molecular complexity index is 399. The molecule has 16 heavy (non-hydrogen) atoms. The summed E-state index contributed by atoms with van der Waals surface area (Å²) in [5, 5.41) is 0. The Morgan fingerprint density at radius 2 is 1.94 bits per heavy atom. The van der Waals surface area contributed by atoms with Gasteiger partial charge in [0, 0.05) is 31.5 Å². The fourth-order valence-electron chi connectivity index (χ4n) is 1.94. The molecule has 2 nitrogen and oxygen atoms in total. The lowest BCUT2D eigenvalue weighted by Gasteiger charge is -2.19. The van der Waals surface area contributed by atoms with Gasteiger partial charge in [0.15, 0.2) is 0 Å². The molecule has 2 heterocycles. The smallest absolute Gasteiger partial charge is 0.292 e. The minimum absolute atomic E-state index is 0.244. The highest BCUT2D eigenvalue weighted by molar-refractivity contribution is 5.36.